The summed E-state index contributed by atoms with van der Waals surface area (Å²) in [5, 5.41) is 5.59. The van der Waals surface area contributed by atoms with E-state index >= 15 is 0 Å². The number of imide groups is 1. The van der Waals surface area contributed by atoms with Crippen molar-refractivity contribution >= 4 is 51.7 Å². The first-order chi connectivity index (χ1) is 14.0. The molecule has 0 bridgehead atoms. The van der Waals surface area contributed by atoms with Crippen molar-refractivity contribution < 1.29 is 9.59 Å². The zero-order valence-electron chi connectivity index (χ0n) is 16.0. The number of benzene rings is 2. The highest BCUT2D eigenvalue weighted by Gasteiger charge is 2.41. The third-order valence-corrected chi connectivity index (χ3v) is 6.26. The summed E-state index contributed by atoms with van der Waals surface area (Å²) in [5.41, 5.74) is 3.81. The predicted octanol–water partition coefficient (Wildman–Crippen LogP) is 5.67. The maximum absolute atomic E-state index is 13.4. The van der Waals surface area contributed by atoms with E-state index in [1.807, 2.05) is 41.8 Å². The summed E-state index contributed by atoms with van der Waals surface area (Å²) in [5.74, 6) is -0.737. The second kappa shape index (κ2) is 7.85. The number of halogens is 1. The molecule has 29 heavy (non-hydrogen) atoms. The molecule has 0 saturated carbocycles. The Morgan fingerprint density at radius 3 is 2.41 bits per heavy atom. The van der Waals surface area contributed by atoms with Crippen LogP contribution in [0.4, 0.5) is 11.4 Å². The summed E-state index contributed by atoms with van der Waals surface area (Å²) in [6.07, 6.45) is 0.933. The van der Waals surface area contributed by atoms with Gasteiger partial charge in [-0.1, -0.05) is 42.8 Å². The van der Waals surface area contributed by atoms with Crippen LogP contribution in [0.2, 0.25) is 5.02 Å². The van der Waals surface area contributed by atoms with E-state index in [4.69, 9.17) is 11.6 Å². The number of nitrogens with one attached hydrogen (secondary N) is 1. The molecule has 6 heteroatoms. The molecular weight excluding hydrogens is 404 g/mol. The molecule has 2 aromatic carbocycles. The molecule has 0 atom stereocenters. The maximum atomic E-state index is 13.4. The Kier molecular flexibility index (Phi) is 5.26. The Morgan fingerprint density at radius 2 is 1.76 bits per heavy atom. The summed E-state index contributed by atoms with van der Waals surface area (Å²) < 4.78 is 0. The van der Waals surface area contributed by atoms with Crippen molar-refractivity contribution in [3.63, 3.8) is 0 Å². The van der Waals surface area contributed by atoms with Crippen LogP contribution >= 0.6 is 22.9 Å². The van der Waals surface area contributed by atoms with E-state index in [0.29, 0.717) is 21.8 Å². The highest BCUT2D eigenvalue weighted by molar-refractivity contribution is 7.11. The first-order valence-electron chi connectivity index (χ1n) is 9.29. The molecule has 0 fully saturated rings. The van der Waals surface area contributed by atoms with Crippen LogP contribution in [0.25, 0.3) is 5.57 Å². The fraction of sp³-hybridized carbons (Fsp3) is 0.130. The number of aryl methyl sites for hydroxylation is 1. The van der Waals surface area contributed by atoms with Crippen LogP contribution in [0.5, 0.6) is 0 Å². The second-order valence-corrected chi connectivity index (χ2v) is 8.09. The van der Waals surface area contributed by atoms with E-state index in [0.717, 1.165) is 17.0 Å². The van der Waals surface area contributed by atoms with Crippen molar-refractivity contribution in [1.82, 2.24) is 0 Å². The Balaban J connectivity index is 1.79. The lowest BCUT2D eigenvalue weighted by Gasteiger charge is -2.18. The van der Waals surface area contributed by atoms with Crippen molar-refractivity contribution in [1.29, 1.82) is 0 Å². The summed E-state index contributed by atoms with van der Waals surface area (Å²) in [4.78, 5) is 28.7. The maximum Gasteiger partial charge on any atom is 0.282 e. The van der Waals surface area contributed by atoms with E-state index in [1.165, 1.54) is 21.8 Å². The van der Waals surface area contributed by atoms with Gasteiger partial charge in [-0.3, -0.25) is 9.59 Å². The quantitative estimate of drug-likeness (QED) is 0.539. The number of nitrogens with zero attached hydrogens (tertiary/aromatic N) is 1. The average Bonchev–Trinajstić information content (AvgIpc) is 3.32. The van der Waals surface area contributed by atoms with E-state index in [1.54, 1.807) is 25.1 Å². The molecule has 0 radical (unpaired) electrons. The van der Waals surface area contributed by atoms with E-state index in [2.05, 4.69) is 12.2 Å². The molecule has 0 unspecified atom stereocenters. The minimum atomic E-state index is -0.386. The van der Waals surface area contributed by atoms with E-state index in [-0.39, 0.29) is 17.5 Å². The van der Waals surface area contributed by atoms with Crippen LogP contribution in [0.1, 0.15) is 22.9 Å². The third kappa shape index (κ3) is 3.48. The largest absolute Gasteiger partial charge is 0.350 e. The normalized spacial score (nSPS) is 14.1. The highest BCUT2D eigenvalue weighted by atomic mass is 35.5. The number of amides is 2. The molecule has 1 aromatic heterocycles. The van der Waals surface area contributed by atoms with Gasteiger partial charge in [-0.05, 0) is 60.2 Å². The summed E-state index contributed by atoms with van der Waals surface area (Å²) in [6, 6.07) is 16.8. The van der Waals surface area contributed by atoms with Gasteiger partial charge in [-0.25, -0.2) is 4.90 Å². The van der Waals surface area contributed by atoms with Gasteiger partial charge < -0.3 is 5.32 Å². The predicted molar refractivity (Wildman–Crippen MR) is 119 cm³/mol. The SMILES string of the molecule is CCc1ccc(NC2=C(c3cccs3)C(=O)N(c3cccc(Cl)c3C)C2=O)cc1. The zero-order valence-corrected chi connectivity index (χ0v) is 17.6. The molecule has 1 aliphatic rings. The van der Waals surface area contributed by atoms with Gasteiger partial charge in [0.15, 0.2) is 0 Å². The second-order valence-electron chi connectivity index (χ2n) is 6.73. The van der Waals surface area contributed by atoms with Crippen molar-refractivity contribution in [2.24, 2.45) is 0 Å². The Bertz CT molecular complexity index is 1120. The molecule has 1 aliphatic heterocycles. The van der Waals surface area contributed by atoms with Crippen LogP contribution in [-0.2, 0) is 16.0 Å². The first-order valence-corrected chi connectivity index (χ1v) is 10.5. The number of hydrogen-bond donors (Lipinski definition) is 1. The van der Waals surface area contributed by atoms with Crippen LogP contribution in [0, 0.1) is 6.92 Å². The molecular formula is C23H19ClN2O2S. The van der Waals surface area contributed by atoms with Crippen LogP contribution in [0.3, 0.4) is 0 Å². The molecule has 2 amide bonds. The average molecular weight is 423 g/mol. The first kappa shape index (κ1) is 19.4. The molecule has 0 aliphatic carbocycles. The topological polar surface area (TPSA) is 49.4 Å². The smallest absolute Gasteiger partial charge is 0.282 e. The molecule has 3 aromatic rings. The van der Waals surface area contributed by atoms with Crippen molar-refractivity contribution in [3.05, 3.63) is 86.7 Å². The number of carbonyl (C=O) groups is 2. The van der Waals surface area contributed by atoms with Gasteiger partial charge in [0, 0.05) is 15.6 Å². The van der Waals surface area contributed by atoms with Crippen molar-refractivity contribution in [2.75, 3.05) is 10.2 Å². The van der Waals surface area contributed by atoms with Crippen LogP contribution in [0.15, 0.2) is 65.7 Å². The molecule has 4 rings (SSSR count). The molecule has 146 valence electrons. The van der Waals surface area contributed by atoms with Gasteiger partial charge in [0.2, 0.25) is 0 Å². The minimum absolute atomic E-state index is 0.279. The molecule has 0 spiro atoms. The number of hydrogen-bond acceptors (Lipinski definition) is 4. The number of anilines is 2. The Hall–Kier alpha value is -2.89. The molecule has 0 saturated heterocycles. The summed E-state index contributed by atoms with van der Waals surface area (Å²) in [6.45, 7) is 3.89. The third-order valence-electron chi connectivity index (χ3n) is 4.96. The Labute approximate surface area is 178 Å². The standard InChI is InChI=1S/C23H19ClN2O2S/c1-3-15-9-11-16(12-10-15)25-21-20(19-8-5-13-29-19)22(27)26(23(21)28)18-7-4-6-17(24)14(18)2/h4-13,25H,3H2,1-2H3. The summed E-state index contributed by atoms with van der Waals surface area (Å²) in [7, 11) is 0. The number of rotatable bonds is 5. The van der Waals surface area contributed by atoms with Gasteiger partial charge in [0.25, 0.3) is 11.8 Å². The number of thiophene rings is 1. The fourth-order valence-corrected chi connectivity index (χ4v) is 4.26. The molecule has 2 heterocycles. The van der Waals surface area contributed by atoms with E-state index < -0.39 is 0 Å². The lowest BCUT2D eigenvalue weighted by Crippen LogP contribution is -2.33. The fourth-order valence-electron chi connectivity index (χ4n) is 3.32. The lowest BCUT2D eigenvalue weighted by atomic mass is 10.1. The van der Waals surface area contributed by atoms with E-state index in [9.17, 15) is 9.59 Å². The van der Waals surface area contributed by atoms with Gasteiger partial charge in [0.1, 0.15) is 5.70 Å². The van der Waals surface area contributed by atoms with Gasteiger partial charge in [-0.15, -0.1) is 11.3 Å². The van der Waals surface area contributed by atoms with Gasteiger partial charge in [0.05, 0.1) is 11.3 Å². The van der Waals surface area contributed by atoms with Gasteiger partial charge in [-0.2, -0.15) is 0 Å². The van der Waals surface area contributed by atoms with Crippen LogP contribution in [-0.4, -0.2) is 11.8 Å². The van der Waals surface area contributed by atoms with Crippen molar-refractivity contribution in [2.45, 2.75) is 20.3 Å². The minimum Gasteiger partial charge on any atom is -0.350 e. The van der Waals surface area contributed by atoms with Gasteiger partial charge >= 0.3 is 0 Å². The zero-order chi connectivity index (χ0) is 20.5. The lowest BCUT2D eigenvalue weighted by molar-refractivity contribution is -0.120. The highest BCUT2D eigenvalue weighted by Crippen LogP contribution is 2.37. The van der Waals surface area contributed by atoms with Crippen molar-refractivity contribution in [3.8, 4) is 0 Å². The Morgan fingerprint density at radius 1 is 1.00 bits per heavy atom. The summed E-state index contributed by atoms with van der Waals surface area (Å²) >= 11 is 7.67. The number of carbonyl (C=O) groups excluding carboxylic acids is 2. The molecule has 1 N–H and O–H groups in total. The van der Waals surface area contributed by atoms with Crippen LogP contribution < -0.4 is 10.2 Å². The molecule has 4 nitrogen and oxygen atoms in total. The monoisotopic (exact) mass is 422 g/mol.